The molecule has 1 saturated heterocycles. The molecule has 0 radical (unpaired) electrons. The zero-order chi connectivity index (χ0) is 34.6. The van der Waals surface area contributed by atoms with Crippen LogP contribution in [0, 0.1) is 17.8 Å². The lowest BCUT2D eigenvalue weighted by molar-refractivity contribution is 0.0879. The first-order valence-corrected chi connectivity index (χ1v) is 16.9. The minimum atomic E-state index is -0.334. The molecule has 4 aliphatic rings. The van der Waals surface area contributed by atoms with Crippen LogP contribution in [0.15, 0.2) is 41.3 Å². The molecule has 4 heterocycles. The Hall–Kier alpha value is -4.84. The molecule has 2 unspecified atom stereocenters. The lowest BCUT2D eigenvalue weighted by Crippen LogP contribution is -2.46. The summed E-state index contributed by atoms with van der Waals surface area (Å²) in [6, 6.07) is 9.37. The number of rotatable bonds is 8. The van der Waals surface area contributed by atoms with Gasteiger partial charge >= 0.3 is 6.03 Å². The standard InChI is InChI=1S/C37H44N6O6/c1-40(2)18-31-32(48-4)12-22(13-33(31)49-5)29-19-41(3)36(46)30-20-42(9-8-26(29)30)37(47)38-15-21-10-23-16-43(17-24(23)11-21)25-6-7-27-28(14-25)35(45)39-34(27)44/h6-7,12-14,19,21,23-24H,8-11,15-18,20H2,1-5H3,(H,38,47)(H,39,44,45). The minimum absolute atomic E-state index is 0.0943. The van der Waals surface area contributed by atoms with Crippen molar-refractivity contribution in [2.45, 2.75) is 32.4 Å². The zero-order valence-electron chi connectivity index (χ0n) is 28.8. The summed E-state index contributed by atoms with van der Waals surface area (Å²) >= 11 is 0. The van der Waals surface area contributed by atoms with E-state index < -0.39 is 0 Å². The number of amides is 4. The van der Waals surface area contributed by atoms with E-state index in [0.717, 1.165) is 65.4 Å². The van der Waals surface area contributed by atoms with Crippen molar-refractivity contribution in [2.24, 2.45) is 24.8 Å². The third-order valence-corrected chi connectivity index (χ3v) is 10.7. The summed E-state index contributed by atoms with van der Waals surface area (Å²) in [6.07, 6.45) is 4.49. The Bertz CT molecular complexity index is 1860. The number of aromatic nitrogens is 1. The van der Waals surface area contributed by atoms with Crippen LogP contribution >= 0.6 is 0 Å². The predicted molar refractivity (Wildman–Crippen MR) is 185 cm³/mol. The highest BCUT2D eigenvalue weighted by atomic mass is 16.5. The molecule has 7 rings (SSSR count). The molecule has 0 spiro atoms. The first-order valence-electron chi connectivity index (χ1n) is 16.9. The molecular formula is C37H44N6O6. The Morgan fingerprint density at radius 1 is 0.939 bits per heavy atom. The first-order chi connectivity index (χ1) is 23.5. The van der Waals surface area contributed by atoms with Crippen molar-refractivity contribution >= 4 is 23.5 Å². The van der Waals surface area contributed by atoms with Gasteiger partial charge in [-0.05, 0) is 92.6 Å². The number of urea groups is 1. The number of ether oxygens (including phenoxy) is 2. The quantitative estimate of drug-likeness (QED) is 0.351. The zero-order valence-corrected chi connectivity index (χ0v) is 28.8. The van der Waals surface area contributed by atoms with Gasteiger partial charge in [-0.1, -0.05) is 0 Å². The molecule has 1 aromatic heterocycles. The maximum atomic E-state index is 13.4. The Balaban J connectivity index is 0.994. The summed E-state index contributed by atoms with van der Waals surface area (Å²) in [5, 5.41) is 5.54. The van der Waals surface area contributed by atoms with E-state index in [1.165, 1.54) is 0 Å². The van der Waals surface area contributed by atoms with Crippen LogP contribution in [-0.4, -0.2) is 86.7 Å². The van der Waals surface area contributed by atoms with E-state index in [4.69, 9.17) is 9.47 Å². The number of nitrogens with one attached hydrogen (secondary N) is 2. The largest absolute Gasteiger partial charge is 0.496 e. The number of imide groups is 1. The van der Waals surface area contributed by atoms with E-state index in [9.17, 15) is 19.2 Å². The molecule has 3 aliphatic heterocycles. The molecule has 2 fully saturated rings. The van der Waals surface area contributed by atoms with Gasteiger partial charge in [0.15, 0.2) is 0 Å². The van der Waals surface area contributed by atoms with Crippen LogP contribution in [0.4, 0.5) is 10.5 Å². The van der Waals surface area contributed by atoms with E-state index in [-0.39, 0.29) is 29.9 Å². The Labute approximate surface area is 286 Å². The lowest BCUT2D eigenvalue weighted by Gasteiger charge is -2.31. The monoisotopic (exact) mass is 668 g/mol. The van der Waals surface area contributed by atoms with Gasteiger partial charge in [0, 0.05) is 62.8 Å². The fourth-order valence-corrected chi connectivity index (χ4v) is 8.33. The minimum Gasteiger partial charge on any atom is -0.496 e. The number of nitrogens with zero attached hydrogens (tertiary/aromatic N) is 4. The van der Waals surface area contributed by atoms with Crippen LogP contribution in [-0.2, 0) is 26.6 Å². The number of pyridine rings is 1. The van der Waals surface area contributed by atoms with E-state index in [0.29, 0.717) is 60.5 Å². The average Bonchev–Trinajstić information content (AvgIpc) is 3.75. The fraction of sp³-hybridized carbons (Fsp3) is 0.459. The van der Waals surface area contributed by atoms with Gasteiger partial charge in [0.25, 0.3) is 17.4 Å². The third kappa shape index (κ3) is 6.03. The third-order valence-electron chi connectivity index (χ3n) is 10.7. The molecule has 2 aromatic carbocycles. The number of fused-ring (bicyclic) bond motifs is 3. The maximum Gasteiger partial charge on any atom is 0.317 e. The summed E-state index contributed by atoms with van der Waals surface area (Å²) in [7, 11) is 9.05. The number of hydrogen-bond donors (Lipinski definition) is 2. The topological polar surface area (TPSA) is 125 Å². The van der Waals surface area contributed by atoms with Gasteiger partial charge in [0.2, 0.25) is 0 Å². The molecule has 12 nitrogen and oxygen atoms in total. The van der Waals surface area contributed by atoms with Crippen molar-refractivity contribution in [2.75, 3.05) is 59.4 Å². The van der Waals surface area contributed by atoms with Crippen LogP contribution < -0.4 is 30.6 Å². The second-order valence-electron chi connectivity index (χ2n) is 14.1. The van der Waals surface area contributed by atoms with Crippen LogP contribution in [0.5, 0.6) is 11.5 Å². The number of anilines is 1. The molecule has 3 aromatic rings. The second kappa shape index (κ2) is 12.9. The summed E-state index contributed by atoms with van der Waals surface area (Å²) in [5.74, 6) is 2.20. The Kier molecular flexibility index (Phi) is 8.60. The highest BCUT2D eigenvalue weighted by Gasteiger charge is 2.41. The van der Waals surface area contributed by atoms with Crippen molar-refractivity contribution < 1.29 is 23.9 Å². The first kappa shape index (κ1) is 32.7. The summed E-state index contributed by atoms with van der Waals surface area (Å²) in [5.41, 5.74) is 6.16. The molecule has 12 heteroatoms. The van der Waals surface area contributed by atoms with Crippen molar-refractivity contribution in [3.05, 3.63) is 74.7 Å². The van der Waals surface area contributed by atoms with E-state index in [2.05, 4.69) is 20.4 Å². The molecule has 1 saturated carbocycles. The Morgan fingerprint density at radius 2 is 1.61 bits per heavy atom. The summed E-state index contributed by atoms with van der Waals surface area (Å²) < 4.78 is 13.1. The summed E-state index contributed by atoms with van der Waals surface area (Å²) in [4.78, 5) is 57.0. The van der Waals surface area contributed by atoms with Crippen molar-refractivity contribution in [3.63, 3.8) is 0 Å². The highest BCUT2D eigenvalue weighted by molar-refractivity contribution is 6.21. The normalized spacial score (nSPS) is 21.1. The van der Waals surface area contributed by atoms with Gasteiger partial charge in [-0.25, -0.2) is 4.79 Å². The fourth-order valence-electron chi connectivity index (χ4n) is 8.33. The second-order valence-corrected chi connectivity index (χ2v) is 14.1. The van der Waals surface area contributed by atoms with Crippen molar-refractivity contribution in [3.8, 4) is 22.6 Å². The van der Waals surface area contributed by atoms with E-state index >= 15 is 0 Å². The Morgan fingerprint density at radius 3 is 2.27 bits per heavy atom. The van der Waals surface area contributed by atoms with Gasteiger partial charge in [0.05, 0.1) is 37.5 Å². The molecule has 49 heavy (non-hydrogen) atoms. The molecular weight excluding hydrogens is 624 g/mol. The number of aryl methyl sites for hydroxylation is 1. The molecule has 1 aliphatic carbocycles. The molecule has 258 valence electrons. The van der Waals surface area contributed by atoms with Gasteiger partial charge in [0.1, 0.15) is 11.5 Å². The molecule has 2 N–H and O–H groups in total. The highest BCUT2D eigenvalue weighted by Crippen LogP contribution is 2.43. The number of hydrogen-bond acceptors (Lipinski definition) is 8. The summed E-state index contributed by atoms with van der Waals surface area (Å²) in [6.45, 7) is 3.82. The maximum absolute atomic E-state index is 13.4. The van der Waals surface area contributed by atoms with Crippen molar-refractivity contribution in [1.82, 2.24) is 25.0 Å². The molecule has 4 amide bonds. The predicted octanol–water partition coefficient (Wildman–Crippen LogP) is 3.25. The van der Waals surface area contributed by atoms with E-state index in [1.807, 2.05) is 44.6 Å². The molecule has 2 atom stereocenters. The van der Waals surface area contributed by atoms with Gasteiger partial charge in [-0.3, -0.25) is 19.7 Å². The number of benzene rings is 2. The van der Waals surface area contributed by atoms with Crippen LogP contribution in [0.25, 0.3) is 11.1 Å². The lowest BCUT2D eigenvalue weighted by atomic mass is 9.91. The number of methoxy groups -OCH3 is 2. The molecule has 0 bridgehead atoms. The number of carbonyl (C=O) groups excluding carboxylic acids is 3. The number of carbonyl (C=O) groups is 3. The van der Waals surface area contributed by atoms with Crippen LogP contribution in [0.2, 0.25) is 0 Å². The van der Waals surface area contributed by atoms with Crippen LogP contribution in [0.3, 0.4) is 0 Å². The van der Waals surface area contributed by atoms with Crippen molar-refractivity contribution in [1.29, 1.82) is 0 Å². The van der Waals surface area contributed by atoms with E-state index in [1.54, 1.807) is 36.8 Å². The van der Waals surface area contributed by atoms with Gasteiger partial charge in [-0.2, -0.15) is 0 Å². The van der Waals surface area contributed by atoms with Gasteiger partial charge < -0.3 is 34.1 Å². The van der Waals surface area contributed by atoms with Gasteiger partial charge in [-0.15, -0.1) is 0 Å². The van der Waals surface area contributed by atoms with Crippen LogP contribution in [0.1, 0.15) is 50.2 Å². The smallest absolute Gasteiger partial charge is 0.317 e. The SMILES string of the molecule is COc1cc(-c2cn(C)c(=O)c3c2CCN(C(=O)NCC2CC4CN(c5ccc6c(c5)C(=O)NC6=O)CC4C2)C3)cc(OC)c1CN(C)C. The average molecular weight is 669 g/mol.